The van der Waals surface area contributed by atoms with Gasteiger partial charge in [-0.05, 0) is 55.2 Å². The molecule has 1 heterocycles. The Bertz CT molecular complexity index is 1000. The summed E-state index contributed by atoms with van der Waals surface area (Å²) in [5, 5.41) is 60.1. The van der Waals surface area contributed by atoms with Crippen LogP contribution in [0.1, 0.15) is 30.6 Å². The van der Waals surface area contributed by atoms with Crippen LogP contribution in [0.15, 0.2) is 36.4 Å². The van der Waals surface area contributed by atoms with Crippen molar-refractivity contribution in [2.45, 2.75) is 62.7 Å². The maximum Gasteiger partial charge on any atom is 0.186 e. The van der Waals surface area contributed by atoms with Crippen LogP contribution in [0.4, 0.5) is 0 Å². The first-order valence-electron chi connectivity index (χ1n) is 12.0. The van der Waals surface area contributed by atoms with Crippen LogP contribution in [0.25, 0.3) is 0 Å². The number of methoxy groups -OCH3 is 2. The third kappa shape index (κ3) is 7.02. The minimum Gasteiger partial charge on any atom is -0.504 e. The largest absolute Gasteiger partial charge is 0.504 e. The maximum absolute atomic E-state index is 10.8. The molecule has 6 N–H and O–H groups in total. The summed E-state index contributed by atoms with van der Waals surface area (Å²) in [6.07, 6.45) is -6.63. The van der Waals surface area contributed by atoms with Crippen LogP contribution in [-0.2, 0) is 15.9 Å². The fraction of sp³-hybridized carbons (Fsp3) is 0.538. The molecule has 0 radical (unpaired) electrons. The van der Waals surface area contributed by atoms with Crippen molar-refractivity contribution in [3.63, 3.8) is 0 Å². The van der Waals surface area contributed by atoms with Crippen molar-refractivity contribution in [1.82, 2.24) is 0 Å². The van der Waals surface area contributed by atoms with E-state index >= 15 is 0 Å². The molecule has 2 aromatic rings. The van der Waals surface area contributed by atoms with Crippen molar-refractivity contribution in [2.75, 3.05) is 27.4 Å². The van der Waals surface area contributed by atoms with E-state index in [0.29, 0.717) is 29.9 Å². The van der Waals surface area contributed by atoms with Crippen molar-refractivity contribution >= 4 is 0 Å². The molecule has 11 heteroatoms. The average molecular weight is 525 g/mol. The summed E-state index contributed by atoms with van der Waals surface area (Å²) in [7, 11) is 2.88. The second kappa shape index (κ2) is 13.2. The third-order valence-electron chi connectivity index (χ3n) is 6.28. The van der Waals surface area contributed by atoms with Gasteiger partial charge in [-0.3, -0.25) is 0 Å². The number of hydrogen-bond acceptors (Lipinski definition) is 11. The molecule has 0 unspecified atom stereocenters. The number of aryl methyl sites for hydroxylation is 1. The Hall–Kier alpha value is -2.64. The Labute approximate surface area is 215 Å². The van der Waals surface area contributed by atoms with E-state index in [9.17, 15) is 30.6 Å². The monoisotopic (exact) mass is 524 g/mol. The second-order valence-electron chi connectivity index (χ2n) is 8.86. The topological polar surface area (TPSA) is 168 Å². The lowest BCUT2D eigenvalue weighted by atomic mass is 10.00. The number of phenolic OH excluding ortho intramolecular Hbond substituents is 1. The van der Waals surface area contributed by atoms with Gasteiger partial charge in [0.15, 0.2) is 35.4 Å². The first-order valence-corrected chi connectivity index (χ1v) is 12.0. The molecule has 11 nitrogen and oxygen atoms in total. The van der Waals surface area contributed by atoms with Gasteiger partial charge in [0.2, 0.25) is 0 Å². The Morgan fingerprint density at radius 2 is 1.65 bits per heavy atom. The molecule has 0 aliphatic carbocycles. The van der Waals surface area contributed by atoms with Gasteiger partial charge >= 0.3 is 0 Å². The Balaban J connectivity index is 1.58. The lowest BCUT2D eigenvalue weighted by Gasteiger charge is -2.38. The predicted molar refractivity (Wildman–Crippen MR) is 131 cm³/mol. The van der Waals surface area contributed by atoms with E-state index in [2.05, 4.69) is 0 Å². The van der Waals surface area contributed by atoms with Crippen LogP contribution in [0.2, 0.25) is 0 Å². The molecular formula is C26H36O11. The molecule has 2 aromatic carbocycles. The molecule has 0 spiro atoms. The lowest BCUT2D eigenvalue weighted by molar-refractivity contribution is -0.293. The summed E-state index contributed by atoms with van der Waals surface area (Å²) in [6, 6.07) is 9.63. The summed E-state index contributed by atoms with van der Waals surface area (Å²) in [5.41, 5.74) is 1.30. The molecule has 1 saturated heterocycles. The van der Waals surface area contributed by atoms with Crippen LogP contribution >= 0.6 is 0 Å². The van der Waals surface area contributed by atoms with Gasteiger partial charge in [0.1, 0.15) is 24.4 Å². The van der Waals surface area contributed by atoms with Gasteiger partial charge < -0.3 is 54.3 Å². The fourth-order valence-corrected chi connectivity index (χ4v) is 4.05. The number of aromatic hydroxyl groups is 1. The lowest BCUT2D eigenvalue weighted by Crippen LogP contribution is -2.57. The van der Waals surface area contributed by atoms with Crippen molar-refractivity contribution in [1.29, 1.82) is 0 Å². The third-order valence-corrected chi connectivity index (χ3v) is 6.28. The zero-order valence-electron chi connectivity index (χ0n) is 21.1. The zero-order valence-corrected chi connectivity index (χ0v) is 21.1. The van der Waals surface area contributed by atoms with Crippen molar-refractivity contribution in [3.8, 4) is 23.0 Å². The standard InChI is InChI=1S/C26H36O11/c1-14-22(29)24(31)25(32)26(36-14)35-10-4-5-15-6-9-18(20(11-15)34-3)37-21(13-27)23(30)16-7-8-17(28)19(12-16)33-2/h6-9,11-12,14,21-32H,4-5,10,13H2,1-3H3/t14-,21-,22-,23+,24+,25+,26-/m0/s1. The molecular weight excluding hydrogens is 488 g/mol. The second-order valence-corrected chi connectivity index (χ2v) is 8.86. The number of rotatable bonds is 12. The summed E-state index contributed by atoms with van der Waals surface area (Å²) >= 11 is 0. The van der Waals surface area contributed by atoms with Crippen molar-refractivity contribution in [2.24, 2.45) is 0 Å². The van der Waals surface area contributed by atoms with E-state index in [0.717, 1.165) is 5.56 Å². The number of benzene rings is 2. The van der Waals surface area contributed by atoms with Gasteiger partial charge in [-0.2, -0.15) is 0 Å². The molecule has 7 atom stereocenters. The number of hydrogen-bond donors (Lipinski definition) is 6. The van der Waals surface area contributed by atoms with E-state index in [4.69, 9.17) is 23.7 Å². The molecule has 1 aliphatic heterocycles. The summed E-state index contributed by atoms with van der Waals surface area (Å²) < 4.78 is 27.4. The number of phenols is 1. The highest BCUT2D eigenvalue weighted by Crippen LogP contribution is 2.34. The minimum absolute atomic E-state index is 0.0732. The molecule has 0 amide bonds. The zero-order chi connectivity index (χ0) is 27.1. The van der Waals surface area contributed by atoms with Crippen LogP contribution in [0.5, 0.6) is 23.0 Å². The predicted octanol–water partition coefficient (Wildman–Crippen LogP) is 0.659. The van der Waals surface area contributed by atoms with Crippen molar-refractivity contribution < 1.29 is 54.3 Å². The quantitative estimate of drug-likeness (QED) is 0.216. The fourth-order valence-electron chi connectivity index (χ4n) is 4.05. The highest BCUT2D eigenvalue weighted by atomic mass is 16.7. The van der Waals surface area contributed by atoms with Gasteiger partial charge in [-0.25, -0.2) is 0 Å². The maximum atomic E-state index is 10.8. The van der Waals surface area contributed by atoms with Gasteiger partial charge in [0, 0.05) is 0 Å². The van der Waals surface area contributed by atoms with Crippen molar-refractivity contribution in [3.05, 3.63) is 47.5 Å². The summed E-state index contributed by atoms with van der Waals surface area (Å²) in [6.45, 7) is 1.35. The van der Waals surface area contributed by atoms with Gasteiger partial charge in [-0.1, -0.05) is 12.1 Å². The van der Waals surface area contributed by atoms with E-state index < -0.39 is 49.5 Å². The SMILES string of the molecule is COc1cc([C@@H](O)[C@H](CO)Oc2ccc(CCCO[C@H]3O[C@@H](C)[C@H](O)[C@@H](O)[C@H]3O)cc2OC)ccc1O. The number of aliphatic hydroxyl groups excluding tert-OH is 5. The number of ether oxygens (including phenoxy) is 5. The molecule has 0 bridgehead atoms. The van der Waals surface area contributed by atoms with Crippen LogP contribution in [0.3, 0.4) is 0 Å². The first-order chi connectivity index (χ1) is 17.7. The summed E-state index contributed by atoms with van der Waals surface area (Å²) in [5.74, 6) is 0.846. The van der Waals surface area contributed by atoms with Gasteiger partial charge in [-0.15, -0.1) is 0 Å². The Morgan fingerprint density at radius 1 is 0.919 bits per heavy atom. The van der Waals surface area contributed by atoms with E-state index in [1.54, 1.807) is 19.1 Å². The molecule has 0 saturated carbocycles. The molecule has 3 rings (SSSR count). The minimum atomic E-state index is -1.35. The molecule has 1 fully saturated rings. The van der Waals surface area contributed by atoms with E-state index in [-0.39, 0.29) is 18.1 Å². The summed E-state index contributed by atoms with van der Waals surface area (Å²) in [4.78, 5) is 0. The van der Waals surface area contributed by atoms with Crippen LogP contribution in [0, 0.1) is 0 Å². The van der Waals surface area contributed by atoms with Crippen LogP contribution < -0.4 is 14.2 Å². The highest BCUT2D eigenvalue weighted by molar-refractivity contribution is 5.44. The van der Waals surface area contributed by atoms with Gasteiger partial charge in [0.25, 0.3) is 0 Å². The highest BCUT2D eigenvalue weighted by Gasteiger charge is 2.42. The Kier molecular flexibility index (Phi) is 10.4. The molecule has 1 aliphatic rings. The first kappa shape index (κ1) is 28.9. The van der Waals surface area contributed by atoms with Crippen LogP contribution in [-0.4, -0.2) is 94.9 Å². The Morgan fingerprint density at radius 3 is 2.32 bits per heavy atom. The van der Waals surface area contributed by atoms with E-state index in [1.165, 1.54) is 32.4 Å². The van der Waals surface area contributed by atoms with Gasteiger partial charge in [0.05, 0.1) is 33.5 Å². The smallest absolute Gasteiger partial charge is 0.186 e. The number of aliphatic hydroxyl groups is 5. The molecule has 37 heavy (non-hydrogen) atoms. The molecule has 0 aromatic heterocycles. The van der Waals surface area contributed by atoms with E-state index in [1.807, 2.05) is 6.07 Å². The average Bonchev–Trinajstić information content (AvgIpc) is 2.91. The molecule has 206 valence electrons. The normalized spacial score (nSPS) is 25.4.